The minimum absolute atomic E-state index is 0.411. The van der Waals surface area contributed by atoms with Crippen molar-refractivity contribution in [1.82, 2.24) is 5.32 Å². The summed E-state index contributed by atoms with van der Waals surface area (Å²) < 4.78 is 5.37. The number of rotatable bonds is 5. The first-order valence-electron chi connectivity index (χ1n) is 5.09. The van der Waals surface area contributed by atoms with E-state index in [9.17, 15) is 0 Å². The van der Waals surface area contributed by atoms with E-state index in [1.54, 1.807) is 6.26 Å². The zero-order valence-electron chi connectivity index (χ0n) is 8.76. The Morgan fingerprint density at radius 2 is 2.23 bits per heavy atom. The summed E-state index contributed by atoms with van der Waals surface area (Å²) in [7, 11) is 0. The average molecular weight is 181 g/mol. The molecule has 0 aromatic carbocycles. The van der Waals surface area contributed by atoms with Crippen molar-refractivity contribution in [2.45, 2.75) is 39.7 Å². The SMILES string of the molecule is CCCNC(C)c1ccoc1CC. The first-order valence-corrected chi connectivity index (χ1v) is 5.09. The zero-order valence-corrected chi connectivity index (χ0v) is 8.76. The molecular weight excluding hydrogens is 162 g/mol. The minimum atomic E-state index is 0.411. The first kappa shape index (κ1) is 10.3. The molecule has 2 heteroatoms. The third kappa shape index (κ3) is 2.59. The van der Waals surface area contributed by atoms with Crippen LogP contribution in [0.2, 0.25) is 0 Å². The van der Waals surface area contributed by atoms with Crippen LogP contribution in [0.4, 0.5) is 0 Å². The van der Waals surface area contributed by atoms with Gasteiger partial charge in [-0.1, -0.05) is 13.8 Å². The molecule has 1 aromatic rings. The maximum Gasteiger partial charge on any atom is 0.108 e. The summed E-state index contributed by atoms with van der Waals surface area (Å²) >= 11 is 0. The van der Waals surface area contributed by atoms with Gasteiger partial charge in [0.1, 0.15) is 5.76 Å². The van der Waals surface area contributed by atoms with Crippen LogP contribution in [0.5, 0.6) is 0 Å². The summed E-state index contributed by atoms with van der Waals surface area (Å²) in [6.07, 6.45) is 3.92. The molecule has 74 valence electrons. The lowest BCUT2D eigenvalue weighted by molar-refractivity contribution is 0.494. The van der Waals surface area contributed by atoms with E-state index in [4.69, 9.17) is 4.42 Å². The Morgan fingerprint density at radius 1 is 1.46 bits per heavy atom. The molecular formula is C11H19NO. The fraction of sp³-hybridized carbons (Fsp3) is 0.636. The van der Waals surface area contributed by atoms with Gasteiger partial charge in [0.05, 0.1) is 6.26 Å². The van der Waals surface area contributed by atoms with E-state index in [1.807, 2.05) is 0 Å². The van der Waals surface area contributed by atoms with Gasteiger partial charge in [-0.15, -0.1) is 0 Å². The van der Waals surface area contributed by atoms with E-state index in [-0.39, 0.29) is 0 Å². The fourth-order valence-electron chi connectivity index (χ4n) is 1.49. The van der Waals surface area contributed by atoms with Gasteiger partial charge in [-0.25, -0.2) is 0 Å². The van der Waals surface area contributed by atoms with Crippen LogP contribution < -0.4 is 5.32 Å². The Kier molecular flexibility index (Phi) is 4.03. The van der Waals surface area contributed by atoms with Crippen LogP contribution in [0.3, 0.4) is 0 Å². The molecule has 0 aliphatic carbocycles. The lowest BCUT2D eigenvalue weighted by atomic mass is 10.1. The van der Waals surface area contributed by atoms with Crippen molar-refractivity contribution in [3.05, 3.63) is 23.7 Å². The van der Waals surface area contributed by atoms with Gasteiger partial charge in [-0.05, 0) is 26.0 Å². The van der Waals surface area contributed by atoms with Crippen LogP contribution in [-0.2, 0) is 6.42 Å². The van der Waals surface area contributed by atoms with Gasteiger partial charge < -0.3 is 9.73 Å². The van der Waals surface area contributed by atoms with Crippen LogP contribution in [0.15, 0.2) is 16.7 Å². The predicted molar refractivity (Wildman–Crippen MR) is 54.8 cm³/mol. The molecule has 0 fully saturated rings. The lowest BCUT2D eigenvalue weighted by Crippen LogP contribution is -2.19. The number of furan rings is 1. The molecule has 13 heavy (non-hydrogen) atoms. The van der Waals surface area contributed by atoms with E-state index in [0.717, 1.165) is 18.7 Å². The molecule has 1 atom stereocenters. The maximum atomic E-state index is 5.37. The molecule has 0 saturated heterocycles. The highest BCUT2D eigenvalue weighted by Crippen LogP contribution is 2.19. The summed E-state index contributed by atoms with van der Waals surface area (Å²) in [5.41, 5.74) is 1.30. The molecule has 0 saturated carbocycles. The van der Waals surface area contributed by atoms with Gasteiger partial charge >= 0.3 is 0 Å². The Morgan fingerprint density at radius 3 is 2.85 bits per heavy atom. The van der Waals surface area contributed by atoms with Crippen molar-refractivity contribution < 1.29 is 4.42 Å². The van der Waals surface area contributed by atoms with E-state index < -0.39 is 0 Å². The average Bonchev–Trinajstić information content (AvgIpc) is 2.61. The van der Waals surface area contributed by atoms with Gasteiger partial charge in [0.15, 0.2) is 0 Å². The Hall–Kier alpha value is -0.760. The highest BCUT2D eigenvalue weighted by molar-refractivity contribution is 5.20. The summed E-state index contributed by atoms with van der Waals surface area (Å²) in [5, 5.41) is 3.45. The smallest absolute Gasteiger partial charge is 0.108 e. The molecule has 0 amide bonds. The number of hydrogen-bond acceptors (Lipinski definition) is 2. The van der Waals surface area contributed by atoms with Crippen molar-refractivity contribution in [2.75, 3.05) is 6.54 Å². The fourth-order valence-corrected chi connectivity index (χ4v) is 1.49. The van der Waals surface area contributed by atoms with E-state index in [1.165, 1.54) is 12.0 Å². The molecule has 1 unspecified atom stereocenters. The molecule has 1 heterocycles. The van der Waals surface area contributed by atoms with Crippen LogP contribution in [0.25, 0.3) is 0 Å². The standard InChI is InChI=1S/C11H19NO/c1-4-7-12-9(3)10-6-8-13-11(10)5-2/h6,8-9,12H,4-5,7H2,1-3H3. The quantitative estimate of drug-likeness (QED) is 0.755. The number of hydrogen-bond donors (Lipinski definition) is 1. The predicted octanol–water partition coefficient (Wildman–Crippen LogP) is 2.90. The van der Waals surface area contributed by atoms with Crippen molar-refractivity contribution >= 4 is 0 Å². The second-order valence-electron chi connectivity index (χ2n) is 3.33. The number of aryl methyl sites for hydroxylation is 1. The molecule has 0 aliphatic rings. The van der Waals surface area contributed by atoms with Crippen molar-refractivity contribution in [2.24, 2.45) is 0 Å². The Labute approximate surface area is 80.3 Å². The van der Waals surface area contributed by atoms with E-state index >= 15 is 0 Å². The summed E-state index contributed by atoms with van der Waals surface area (Å²) in [5.74, 6) is 1.11. The third-order valence-corrected chi connectivity index (χ3v) is 2.27. The monoisotopic (exact) mass is 181 g/mol. The second-order valence-corrected chi connectivity index (χ2v) is 3.33. The van der Waals surface area contributed by atoms with Crippen molar-refractivity contribution in [3.63, 3.8) is 0 Å². The molecule has 1 N–H and O–H groups in total. The zero-order chi connectivity index (χ0) is 9.68. The van der Waals surface area contributed by atoms with Gasteiger partial charge in [-0.3, -0.25) is 0 Å². The van der Waals surface area contributed by atoms with Crippen LogP contribution in [-0.4, -0.2) is 6.54 Å². The molecule has 1 aromatic heterocycles. The highest BCUT2D eigenvalue weighted by atomic mass is 16.3. The van der Waals surface area contributed by atoms with Crippen LogP contribution >= 0.6 is 0 Å². The van der Waals surface area contributed by atoms with Crippen molar-refractivity contribution in [3.8, 4) is 0 Å². The summed E-state index contributed by atoms with van der Waals surface area (Å²) in [6, 6.07) is 2.47. The van der Waals surface area contributed by atoms with Gasteiger partial charge in [0.25, 0.3) is 0 Å². The third-order valence-electron chi connectivity index (χ3n) is 2.27. The summed E-state index contributed by atoms with van der Waals surface area (Å²) in [6.45, 7) is 7.54. The normalized spacial score (nSPS) is 13.2. The van der Waals surface area contributed by atoms with Gasteiger partial charge in [0.2, 0.25) is 0 Å². The lowest BCUT2D eigenvalue weighted by Gasteiger charge is -2.12. The summed E-state index contributed by atoms with van der Waals surface area (Å²) in [4.78, 5) is 0. The first-order chi connectivity index (χ1) is 6.29. The topological polar surface area (TPSA) is 25.2 Å². The van der Waals surface area contributed by atoms with E-state index in [2.05, 4.69) is 32.2 Å². The van der Waals surface area contributed by atoms with Crippen LogP contribution in [0, 0.1) is 0 Å². The molecule has 0 radical (unpaired) electrons. The molecule has 0 spiro atoms. The largest absolute Gasteiger partial charge is 0.469 e. The molecule has 1 rings (SSSR count). The Bertz CT molecular complexity index is 242. The highest BCUT2D eigenvalue weighted by Gasteiger charge is 2.10. The van der Waals surface area contributed by atoms with E-state index in [0.29, 0.717) is 6.04 Å². The Balaban J connectivity index is 2.59. The van der Waals surface area contributed by atoms with Crippen LogP contribution in [0.1, 0.15) is 44.6 Å². The van der Waals surface area contributed by atoms with Gasteiger partial charge in [0, 0.05) is 18.0 Å². The van der Waals surface area contributed by atoms with Gasteiger partial charge in [-0.2, -0.15) is 0 Å². The molecule has 0 aliphatic heterocycles. The maximum absolute atomic E-state index is 5.37. The second kappa shape index (κ2) is 5.07. The molecule has 2 nitrogen and oxygen atoms in total. The number of nitrogens with one attached hydrogen (secondary N) is 1. The minimum Gasteiger partial charge on any atom is -0.469 e. The molecule has 0 bridgehead atoms. The van der Waals surface area contributed by atoms with Crippen molar-refractivity contribution in [1.29, 1.82) is 0 Å².